The van der Waals surface area contributed by atoms with Crippen LogP contribution in [0.15, 0.2) is 18.2 Å². The number of hydrogen-bond donors (Lipinski definition) is 2. The van der Waals surface area contributed by atoms with Crippen molar-refractivity contribution in [1.82, 2.24) is 10.6 Å². The summed E-state index contributed by atoms with van der Waals surface area (Å²) in [6, 6.07) is 6.46. The van der Waals surface area contributed by atoms with Gasteiger partial charge in [-0.3, -0.25) is 4.79 Å². The molecule has 106 valence electrons. The van der Waals surface area contributed by atoms with E-state index in [1.54, 1.807) is 0 Å². The second kappa shape index (κ2) is 7.95. The van der Waals surface area contributed by atoms with Crippen molar-refractivity contribution in [3.05, 3.63) is 34.9 Å². The van der Waals surface area contributed by atoms with Gasteiger partial charge in [-0.15, -0.1) is 0 Å². The Morgan fingerprint density at radius 3 is 2.68 bits per heavy atom. The van der Waals surface area contributed by atoms with E-state index in [1.165, 1.54) is 16.7 Å². The maximum atomic E-state index is 11.5. The lowest BCUT2D eigenvalue weighted by molar-refractivity contribution is -0.121. The minimum Gasteiger partial charge on any atom is -0.356 e. The van der Waals surface area contributed by atoms with Crippen molar-refractivity contribution in [2.24, 2.45) is 5.92 Å². The lowest BCUT2D eigenvalue weighted by Gasteiger charge is -2.10. The minimum absolute atomic E-state index is 0.127. The van der Waals surface area contributed by atoms with Gasteiger partial charge >= 0.3 is 0 Å². The Morgan fingerprint density at radius 2 is 2.00 bits per heavy atom. The monoisotopic (exact) mass is 262 g/mol. The van der Waals surface area contributed by atoms with E-state index in [4.69, 9.17) is 0 Å². The first-order valence-electron chi connectivity index (χ1n) is 7.02. The van der Waals surface area contributed by atoms with Crippen LogP contribution in [0.5, 0.6) is 0 Å². The topological polar surface area (TPSA) is 41.1 Å². The molecular weight excluding hydrogens is 236 g/mol. The van der Waals surface area contributed by atoms with Crippen molar-refractivity contribution in [3.63, 3.8) is 0 Å². The summed E-state index contributed by atoms with van der Waals surface area (Å²) >= 11 is 0. The Labute approximate surface area is 116 Å². The van der Waals surface area contributed by atoms with Crippen molar-refractivity contribution in [2.45, 2.75) is 40.7 Å². The van der Waals surface area contributed by atoms with Crippen molar-refractivity contribution >= 4 is 5.91 Å². The zero-order valence-electron chi connectivity index (χ0n) is 12.5. The van der Waals surface area contributed by atoms with Crippen LogP contribution in [0.2, 0.25) is 0 Å². The maximum absolute atomic E-state index is 11.5. The van der Waals surface area contributed by atoms with Crippen LogP contribution in [-0.4, -0.2) is 19.0 Å². The predicted molar refractivity (Wildman–Crippen MR) is 80.1 cm³/mol. The van der Waals surface area contributed by atoms with Crippen LogP contribution in [0.25, 0.3) is 0 Å². The molecule has 0 aromatic heterocycles. The molecule has 0 bridgehead atoms. The molecule has 0 aliphatic rings. The third-order valence-electron chi connectivity index (χ3n) is 3.06. The van der Waals surface area contributed by atoms with Crippen molar-refractivity contribution in [2.75, 3.05) is 13.1 Å². The lowest BCUT2D eigenvalue weighted by atomic mass is 10.1. The van der Waals surface area contributed by atoms with Crippen LogP contribution in [0, 0.1) is 19.8 Å². The van der Waals surface area contributed by atoms with E-state index >= 15 is 0 Å². The van der Waals surface area contributed by atoms with Gasteiger partial charge in [-0.2, -0.15) is 0 Å². The average molecular weight is 262 g/mol. The normalized spacial score (nSPS) is 10.8. The Bertz CT molecular complexity index is 413. The summed E-state index contributed by atoms with van der Waals surface area (Å²) in [7, 11) is 0. The average Bonchev–Trinajstić information content (AvgIpc) is 2.36. The lowest BCUT2D eigenvalue weighted by Crippen LogP contribution is -2.30. The molecule has 2 N–H and O–H groups in total. The fraction of sp³-hybridized carbons (Fsp3) is 0.562. The van der Waals surface area contributed by atoms with Crippen LogP contribution >= 0.6 is 0 Å². The summed E-state index contributed by atoms with van der Waals surface area (Å²) in [4.78, 5) is 11.5. The molecule has 1 rings (SSSR count). The van der Waals surface area contributed by atoms with Crippen LogP contribution in [0.4, 0.5) is 0 Å². The second-order valence-electron chi connectivity index (χ2n) is 5.55. The standard InChI is InChI=1S/C16H26N2O/c1-12(2)10-18-16(19)7-8-17-11-15-9-13(3)5-6-14(15)4/h5-6,9,12,17H,7-8,10-11H2,1-4H3,(H,18,19). The summed E-state index contributed by atoms with van der Waals surface area (Å²) in [6.45, 7) is 10.7. The first-order valence-corrected chi connectivity index (χ1v) is 7.02. The second-order valence-corrected chi connectivity index (χ2v) is 5.55. The molecule has 0 radical (unpaired) electrons. The van der Waals surface area contributed by atoms with E-state index in [9.17, 15) is 4.79 Å². The minimum atomic E-state index is 0.127. The van der Waals surface area contributed by atoms with Gasteiger partial charge in [0.15, 0.2) is 0 Å². The number of carbonyl (C=O) groups excluding carboxylic acids is 1. The highest BCUT2D eigenvalue weighted by Crippen LogP contribution is 2.09. The van der Waals surface area contributed by atoms with Gasteiger partial charge < -0.3 is 10.6 Å². The molecule has 1 aromatic rings. The van der Waals surface area contributed by atoms with Crippen LogP contribution in [0.3, 0.4) is 0 Å². The summed E-state index contributed by atoms with van der Waals surface area (Å²) in [5, 5.41) is 6.25. The molecule has 0 fully saturated rings. The van der Waals surface area contributed by atoms with Gasteiger partial charge in [0.1, 0.15) is 0 Å². The van der Waals surface area contributed by atoms with Crippen molar-refractivity contribution in [3.8, 4) is 0 Å². The quantitative estimate of drug-likeness (QED) is 0.742. The van der Waals surface area contributed by atoms with Gasteiger partial charge in [-0.25, -0.2) is 0 Å². The number of amides is 1. The molecule has 1 aromatic carbocycles. The SMILES string of the molecule is Cc1ccc(C)c(CNCCC(=O)NCC(C)C)c1. The van der Waals surface area contributed by atoms with Gasteiger partial charge in [-0.1, -0.05) is 37.6 Å². The largest absolute Gasteiger partial charge is 0.356 e. The third kappa shape index (κ3) is 6.39. The predicted octanol–water partition coefficient (Wildman–Crippen LogP) is 2.56. The molecule has 19 heavy (non-hydrogen) atoms. The van der Waals surface area contributed by atoms with Gasteiger partial charge in [-0.05, 0) is 30.9 Å². The molecule has 0 unspecified atom stereocenters. The number of benzene rings is 1. The number of rotatable bonds is 7. The Hall–Kier alpha value is -1.35. The van der Waals surface area contributed by atoms with E-state index in [1.807, 2.05) is 0 Å². The van der Waals surface area contributed by atoms with Gasteiger partial charge in [0.25, 0.3) is 0 Å². The Morgan fingerprint density at radius 1 is 1.26 bits per heavy atom. The zero-order chi connectivity index (χ0) is 14.3. The fourth-order valence-corrected chi connectivity index (χ4v) is 1.82. The van der Waals surface area contributed by atoms with Crippen molar-refractivity contribution in [1.29, 1.82) is 0 Å². The van der Waals surface area contributed by atoms with E-state index < -0.39 is 0 Å². The van der Waals surface area contributed by atoms with Crippen LogP contribution in [0.1, 0.15) is 37.0 Å². The van der Waals surface area contributed by atoms with E-state index in [0.717, 1.165) is 19.6 Å². The fourth-order valence-electron chi connectivity index (χ4n) is 1.82. The van der Waals surface area contributed by atoms with E-state index in [-0.39, 0.29) is 5.91 Å². The highest BCUT2D eigenvalue weighted by Gasteiger charge is 2.02. The van der Waals surface area contributed by atoms with Crippen LogP contribution < -0.4 is 10.6 Å². The number of hydrogen-bond acceptors (Lipinski definition) is 2. The van der Waals surface area contributed by atoms with Gasteiger partial charge in [0.05, 0.1) is 0 Å². The highest BCUT2D eigenvalue weighted by molar-refractivity contribution is 5.76. The van der Waals surface area contributed by atoms with E-state index in [2.05, 4.69) is 56.5 Å². The molecule has 0 aliphatic heterocycles. The molecule has 0 saturated carbocycles. The first kappa shape index (κ1) is 15.7. The van der Waals surface area contributed by atoms with Crippen molar-refractivity contribution < 1.29 is 4.79 Å². The Kier molecular flexibility index (Phi) is 6.57. The molecule has 1 amide bonds. The smallest absolute Gasteiger partial charge is 0.221 e. The molecule has 3 nitrogen and oxygen atoms in total. The molecule has 0 atom stereocenters. The maximum Gasteiger partial charge on any atom is 0.221 e. The Balaban J connectivity index is 2.23. The van der Waals surface area contributed by atoms with E-state index in [0.29, 0.717) is 12.3 Å². The number of nitrogens with one attached hydrogen (secondary N) is 2. The molecule has 0 spiro atoms. The van der Waals surface area contributed by atoms with Crippen LogP contribution in [-0.2, 0) is 11.3 Å². The zero-order valence-corrected chi connectivity index (χ0v) is 12.5. The first-order chi connectivity index (χ1) is 8.99. The number of aryl methyl sites for hydroxylation is 2. The molecule has 0 saturated heterocycles. The van der Waals surface area contributed by atoms with Gasteiger partial charge in [0, 0.05) is 26.1 Å². The third-order valence-corrected chi connectivity index (χ3v) is 3.06. The number of carbonyl (C=O) groups is 1. The summed E-state index contributed by atoms with van der Waals surface area (Å²) < 4.78 is 0. The molecular formula is C16H26N2O. The highest BCUT2D eigenvalue weighted by atomic mass is 16.1. The summed E-state index contributed by atoms with van der Waals surface area (Å²) in [5.41, 5.74) is 3.88. The molecule has 0 aliphatic carbocycles. The summed E-state index contributed by atoms with van der Waals surface area (Å²) in [6.07, 6.45) is 0.539. The molecule has 3 heteroatoms. The van der Waals surface area contributed by atoms with Gasteiger partial charge in [0.2, 0.25) is 5.91 Å². The molecule has 0 heterocycles. The summed E-state index contributed by atoms with van der Waals surface area (Å²) in [5.74, 6) is 0.633.